The summed E-state index contributed by atoms with van der Waals surface area (Å²) < 4.78 is 36.0. The summed E-state index contributed by atoms with van der Waals surface area (Å²) in [5.41, 5.74) is -2.51. The first kappa shape index (κ1) is 11.8. The summed E-state index contributed by atoms with van der Waals surface area (Å²) in [6.07, 6.45) is -2.70. The highest BCUT2D eigenvalue weighted by Gasteiger charge is 2.48. The molecule has 0 fully saturated rings. The van der Waals surface area contributed by atoms with Gasteiger partial charge in [-0.15, -0.1) is 0 Å². The first-order valence-corrected chi connectivity index (χ1v) is 4.10. The van der Waals surface area contributed by atoms with E-state index in [1.165, 1.54) is 0 Å². The Hall–Kier alpha value is -0.250. The predicted octanol–water partition coefficient (Wildman–Crippen LogP) is 2.88. The van der Waals surface area contributed by atoms with Crippen LogP contribution in [0, 0.1) is 0 Å². The molecular weight excluding hydrogens is 169 g/mol. The first-order chi connectivity index (χ1) is 5.31. The Morgan fingerprint density at radius 1 is 1.17 bits per heavy atom. The molecule has 74 valence electrons. The van der Waals surface area contributed by atoms with Crippen LogP contribution < -0.4 is 0 Å². The molecule has 0 radical (unpaired) electrons. The van der Waals surface area contributed by atoms with Crippen molar-refractivity contribution >= 4 is 0 Å². The molecule has 1 nitrogen and oxygen atoms in total. The zero-order chi connectivity index (χ0) is 9.83. The predicted molar refractivity (Wildman–Crippen MR) is 40.8 cm³/mol. The van der Waals surface area contributed by atoms with E-state index in [-0.39, 0.29) is 6.42 Å². The molecule has 0 aromatic rings. The fourth-order valence-electron chi connectivity index (χ4n) is 0.861. The van der Waals surface area contributed by atoms with E-state index in [4.69, 9.17) is 5.11 Å². The molecule has 0 saturated carbocycles. The molecule has 1 N–H and O–H groups in total. The Morgan fingerprint density at radius 3 is 2.00 bits per heavy atom. The monoisotopic (exact) mass is 184 g/mol. The van der Waals surface area contributed by atoms with Crippen molar-refractivity contribution in [3.63, 3.8) is 0 Å². The van der Waals surface area contributed by atoms with Gasteiger partial charge in [0.2, 0.25) is 0 Å². The molecule has 0 rings (SSSR count). The maximum Gasteiger partial charge on any atom is 0.416 e. The summed E-state index contributed by atoms with van der Waals surface area (Å²) in [6, 6.07) is 0. The summed E-state index contributed by atoms with van der Waals surface area (Å²) >= 11 is 0. The number of alkyl halides is 3. The molecule has 0 aliphatic rings. The van der Waals surface area contributed by atoms with Gasteiger partial charge in [-0.1, -0.05) is 26.2 Å². The van der Waals surface area contributed by atoms with Gasteiger partial charge in [0.15, 0.2) is 5.60 Å². The lowest BCUT2D eigenvalue weighted by atomic mass is 9.98. The molecule has 0 bridgehead atoms. The van der Waals surface area contributed by atoms with E-state index in [2.05, 4.69) is 0 Å². The second-order valence-electron chi connectivity index (χ2n) is 3.23. The van der Waals surface area contributed by atoms with Gasteiger partial charge in [-0.05, 0) is 13.3 Å². The molecule has 0 aromatic heterocycles. The average Bonchev–Trinajstić information content (AvgIpc) is 1.85. The Bertz CT molecular complexity index is 129. The van der Waals surface area contributed by atoms with Crippen molar-refractivity contribution in [2.75, 3.05) is 0 Å². The topological polar surface area (TPSA) is 20.2 Å². The van der Waals surface area contributed by atoms with E-state index >= 15 is 0 Å². The third kappa shape index (κ3) is 3.43. The average molecular weight is 184 g/mol. The maximum atomic E-state index is 12.0. The SMILES string of the molecule is CCCCC[C@](C)(O)C(F)(F)F. The van der Waals surface area contributed by atoms with Crippen molar-refractivity contribution in [2.24, 2.45) is 0 Å². The first-order valence-electron chi connectivity index (χ1n) is 4.10. The highest BCUT2D eigenvalue weighted by molar-refractivity contribution is 4.80. The van der Waals surface area contributed by atoms with Crippen molar-refractivity contribution in [1.29, 1.82) is 0 Å². The number of hydrogen-bond acceptors (Lipinski definition) is 1. The van der Waals surface area contributed by atoms with Crippen molar-refractivity contribution in [3.05, 3.63) is 0 Å². The molecule has 0 spiro atoms. The summed E-state index contributed by atoms with van der Waals surface area (Å²) in [6.45, 7) is 2.73. The van der Waals surface area contributed by atoms with E-state index < -0.39 is 11.8 Å². The van der Waals surface area contributed by atoms with Gasteiger partial charge in [0, 0.05) is 0 Å². The molecule has 0 amide bonds. The summed E-state index contributed by atoms with van der Waals surface area (Å²) in [5.74, 6) is 0. The van der Waals surface area contributed by atoms with Crippen molar-refractivity contribution < 1.29 is 18.3 Å². The van der Waals surface area contributed by atoms with E-state index in [0.717, 1.165) is 19.8 Å². The Morgan fingerprint density at radius 2 is 1.67 bits per heavy atom. The number of aliphatic hydroxyl groups is 1. The molecule has 0 aliphatic carbocycles. The van der Waals surface area contributed by atoms with Crippen LogP contribution in [-0.2, 0) is 0 Å². The fourth-order valence-corrected chi connectivity index (χ4v) is 0.861. The molecule has 4 heteroatoms. The second kappa shape index (κ2) is 4.12. The van der Waals surface area contributed by atoms with Crippen LogP contribution in [0.15, 0.2) is 0 Å². The van der Waals surface area contributed by atoms with Crippen LogP contribution in [0.3, 0.4) is 0 Å². The number of rotatable bonds is 4. The number of hydrogen-bond donors (Lipinski definition) is 1. The van der Waals surface area contributed by atoms with Gasteiger partial charge in [-0.2, -0.15) is 13.2 Å². The van der Waals surface area contributed by atoms with E-state index in [9.17, 15) is 13.2 Å². The molecule has 1 atom stereocenters. The van der Waals surface area contributed by atoms with Crippen LogP contribution in [0.5, 0.6) is 0 Å². The smallest absolute Gasteiger partial charge is 0.381 e. The standard InChI is InChI=1S/C8H15F3O/c1-3-4-5-6-7(2,12)8(9,10)11/h12H,3-6H2,1-2H3/t7-/m0/s1. The molecule has 0 saturated heterocycles. The van der Waals surface area contributed by atoms with Crippen LogP contribution in [0.1, 0.15) is 39.5 Å². The minimum absolute atomic E-state index is 0.204. The lowest BCUT2D eigenvalue weighted by molar-refractivity contribution is -0.255. The van der Waals surface area contributed by atoms with E-state index in [0.29, 0.717) is 6.42 Å². The van der Waals surface area contributed by atoms with Gasteiger partial charge >= 0.3 is 6.18 Å². The van der Waals surface area contributed by atoms with Gasteiger partial charge in [0.05, 0.1) is 0 Å². The third-order valence-electron chi connectivity index (χ3n) is 1.88. The Labute approximate surface area is 70.6 Å². The van der Waals surface area contributed by atoms with Gasteiger partial charge in [0.1, 0.15) is 0 Å². The molecular formula is C8H15F3O. The third-order valence-corrected chi connectivity index (χ3v) is 1.88. The molecule has 12 heavy (non-hydrogen) atoms. The highest BCUT2D eigenvalue weighted by atomic mass is 19.4. The van der Waals surface area contributed by atoms with Crippen molar-refractivity contribution in [3.8, 4) is 0 Å². The van der Waals surface area contributed by atoms with Crippen molar-refractivity contribution in [2.45, 2.75) is 51.3 Å². The largest absolute Gasteiger partial charge is 0.416 e. The maximum absolute atomic E-state index is 12.0. The summed E-state index contributed by atoms with van der Waals surface area (Å²) in [5, 5.41) is 8.95. The normalized spacial score (nSPS) is 17.5. The lowest BCUT2D eigenvalue weighted by Gasteiger charge is -2.25. The lowest BCUT2D eigenvalue weighted by Crippen LogP contribution is -2.41. The number of unbranched alkanes of at least 4 members (excludes halogenated alkanes) is 2. The summed E-state index contributed by atoms with van der Waals surface area (Å²) in [7, 11) is 0. The molecule has 0 heterocycles. The molecule has 0 unspecified atom stereocenters. The minimum Gasteiger partial charge on any atom is -0.381 e. The second-order valence-corrected chi connectivity index (χ2v) is 3.23. The Kier molecular flexibility index (Phi) is 4.03. The van der Waals surface area contributed by atoms with Gasteiger partial charge in [0.25, 0.3) is 0 Å². The van der Waals surface area contributed by atoms with Gasteiger partial charge in [-0.3, -0.25) is 0 Å². The van der Waals surface area contributed by atoms with Crippen molar-refractivity contribution in [1.82, 2.24) is 0 Å². The zero-order valence-corrected chi connectivity index (χ0v) is 7.41. The van der Waals surface area contributed by atoms with Gasteiger partial charge in [-0.25, -0.2) is 0 Å². The van der Waals surface area contributed by atoms with E-state index in [1.54, 1.807) is 0 Å². The highest BCUT2D eigenvalue weighted by Crippen LogP contribution is 2.33. The van der Waals surface area contributed by atoms with Crippen LogP contribution in [0.2, 0.25) is 0 Å². The molecule has 0 aliphatic heterocycles. The van der Waals surface area contributed by atoms with Crippen LogP contribution >= 0.6 is 0 Å². The van der Waals surface area contributed by atoms with Gasteiger partial charge < -0.3 is 5.11 Å². The quantitative estimate of drug-likeness (QED) is 0.666. The van der Waals surface area contributed by atoms with E-state index in [1.807, 2.05) is 6.92 Å². The fraction of sp³-hybridized carbons (Fsp3) is 1.00. The van der Waals surface area contributed by atoms with Crippen LogP contribution in [0.4, 0.5) is 13.2 Å². The minimum atomic E-state index is -4.50. The number of halogens is 3. The van der Waals surface area contributed by atoms with Crippen LogP contribution in [0.25, 0.3) is 0 Å². The molecule has 0 aromatic carbocycles. The summed E-state index contributed by atoms with van der Waals surface area (Å²) in [4.78, 5) is 0. The Balaban J connectivity index is 3.88. The zero-order valence-electron chi connectivity index (χ0n) is 7.41. The van der Waals surface area contributed by atoms with Crippen LogP contribution in [-0.4, -0.2) is 16.9 Å².